The van der Waals surface area contributed by atoms with E-state index in [4.69, 9.17) is 30.0 Å². The molecule has 0 unspecified atom stereocenters. The van der Waals surface area contributed by atoms with Gasteiger partial charge in [0.2, 0.25) is 0 Å². The number of aliphatic imine (C=N–C) groups is 6. The Morgan fingerprint density at radius 3 is 1.27 bits per heavy atom. The first kappa shape index (κ1) is 49.6. The Bertz CT molecular complexity index is 3530. The number of aromatic nitrogens is 2. The van der Waals surface area contributed by atoms with E-state index >= 15 is 0 Å². The Labute approximate surface area is 457 Å². The highest BCUT2D eigenvalue weighted by Crippen LogP contribution is 2.35. The highest BCUT2D eigenvalue weighted by Gasteiger charge is 2.28. The number of rotatable bonds is 12. The largest absolute Gasteiger partial charge is 0.355 e. The second-order valence-electron chi connectivity index (χ2n) is 20.4. The number of fused-ring (bicyclic) bond motifs is 10. The predicted molar refractivity (Wildman–Crippen MR) is 321 cm³/mol. The van der Waals surface area contributed by atoms with Gasteiger partial charge in [-0.1, -0.05) is 65.2 Å². The average Bonchev–Trinajstić information content (AvgIpc) is 4.36. The van der Waals surface area contributed by atoms with Crippen LogP contribution in [0.4, 0.5) is 0 Å². The minimum atomic E-state index is 0.693. The number of hydrogen-bond donors (Lipinski definition) is 4. The van der Waals surface area contributed by atoms with Crippen LogP contribution in [0.15, 0.2) is 220 Å². The minimum Gasteiger partial charge on any atom is -0.355 e. The summed E-state index contributed by atoms with van der Waals surface area (Å²) in [4.78, 5) is 43.2. The van der Waals surface area contributed by atoms with Crippen molar-refractivity contribution < 1.29 is 0 Å². The lowest BCUT2D eigenvalue weighted by Crippen LogP contribution is -2.19. The Balaban J connectivity index is 0.954. The van der Waals surface area contributed by atoms with E-state index in [1.54, 1.807) is 0 Å². The monoisotopic (exact) mass is 1020 g/mol. The maximum absolute atomic E-state index is 5.36. The van der Waals surface area contributed by atoms with Gasteiger partial charge in [-0.2, -0.15) is 0 Å². The van der Waals surface area contributed by atoms with Crippen molar-refractivity contribution >= 4 is 57.6 Å². The van der Waals surface area contributed by atoms with E-state index in [1.807, 2.05) is 63.2 Å². The molecule has 0 atom stereocenters. The number of allylic oxidation sites excluding steroid dienone is 18. The molecular weight excluding hydrogens is 961 g/mol. The summed E-state index contributed by atoms with van der Waals surface area (Å²) in [5, 5.41) is 6.92. The zero-order chi connectivity index (χ0) is 53.0. The van der Waals surface area contributed by atoms with Crippen molar-refractivity contribution in [1.29, 1.82) is 0 Å². The van der Waals surface area contributed by atoms with E-state index in [2.05, 4.69) is 153 Å². The van der Waals surface area contributed by atoms with Crippen LogP contribution in [0.5, 0.6) is 0 Å². The Hall–Kier alpha value is -9.26. The van der Waals surface area contributed by atoms with Gasteiger partial charge in [-0.15, -0.1) is 0 Å². The van der Waals surface area contributed by atoms with Gasteiger partial charge in [-0.3, -0.25) is 0 Å². The van der Waals surface area contributed by atoms with Gasteiger partial charge in [0.15, 0.2) is 0 Å². The Kier molecular flexibility index (Phi) is 14.1. The van der Waals surface area contributed by atoms with Crippen LogP contribution < -0.4 is 10.6 Å². The number of aromatic amines is 2. The van der Waals surface area contributed by atoms with Gasteiger partial charge >= 0.3 is 0 Å². The third kappa shape index (κ3) is 10.3. The molecule has 0 saturated carbocycles. The molecule has 0 saturated heterocycles. The predicted octanol–water partition coefficient (Wildman–Crippen LogP) is 12.9. The van der Waals surface area contributed by atoms with Crippen LogP contribution in [0.3, 0.4) is 0 Å². The third-order valence-electron chi connectivity index (χ3n) is 14.9. The Morgan fingerprint density at radius 2 is 0.833 bits per heavy atom. The molecule has 2 aromatic heterocycles. The maximum atomic E-state index is 5.36. The number of nitrogens with one attached hydrogen (secondary N) is 4. The van der Waals surface area contributed by atoms with Gasteiger partial charge in [-0.05, 0) is 159 Å². The molecule has 12 heteroatoms. The lowest BCUT2D eigenvalue weighted by Gasteiger charge is -2.17. The summed E-state index contributed by atoms with van der Waals surface area (Å²) in [6.07, 6.45) is 50.3. The number of nitrogens with zero attached hydrogens (tertiary/aromatic N) is 8. The van der Waals surface area contributed by atoms with Gasteiger partial charge < -0.3 is 30.4 Å². The zero-order valence-electron chi connectivity index (χ0n) is 44.8. The minimum absolute atomic E-state index is 0.693. The molecule has 4 N–H and O–H groups in total. The molecule has 12 heterocycles. The second-order valence-corrected chi connectivity index (χ2v) is 20.4. The van der Waals surface area contributed by atoms with Crippen LogP contribution in [-0.2, 0) is 0 Å². The summed E-state index contributed by atoms with van der Waals surface area (Å²) in [5.41, 5.74) is 19.2. The summed E-state index contributed by atoms with van der Waals surface area (Å²) in [6, 6.07) is 8.40. The molecule has 0 spiro atoms. The fourth-order valence-electron chi connectivity index (χ4n) is 10.8. The molecule has 10 aliphatic heterocycles. The van der Waals surface area contributed by atoms with Crippen molar-refractivity contribution in [2.75, 3.05) is 14.1 Å². The zero-order valence-corrected chi connectivity index (χ0v) is 44.8. The quantitative estimate of drug-likeness (QED) is 0.124. The number of H-pyrrole nitrogens is 2. The fourth-order valence-corrected chi connectivity index (χ4v) is 10.8. The van der Waals surface area contributed by atoms with Crippen LogP contribution in [0.1, 0.15) is 114 Å². The molecule has 12 nitrogen and oxygen atoms in total. The summed E-state index contributed by atoms with van der Waals surface area (Å²) >= 11 is 0. The van der Waals surface area contributed by atoms with Gasteiger partial charge in [0, 0.05) is 61.4 Å². The molecular formula is C66H62N12. The molecule has 0 radical (unpaired) electrons. The van der Waals surface area contributed by atoms with E-state index in [1.165, 1.54) is 38.5 Å². The average molecular weight is 1020 g/mol. The van der Waals surface area contributed by atoms with Crippen LogP contribution in [0.25, 0.3) is 23.3 Å². The van der Waals surface area contributed by atoms with Gasteiger partial charge in [0.25, 0.3) is 0 Å². The van der Waals surface area contributed by atoms with Crippen LogP contribution >= 0.6 is 0 Å². The van der Waals surface area contributed by atoms with Crippen molar-refractivity contribution in [1.82, 2.24) is 30.4 Å². The SMILES string of the molecule is CCCCCCCC1=C2C=CC(=N2)/C(=C2/NC=CN2C)c2ccc([nH]2)C=C2C=CC(=N2)C(C#CC#CC2=C3C=CC(=N3)C(CCCCCCC)=C3C=CC(=N3)/C(=C3\NC=CN3C)c3ccc([nH]3)C=C3C=CC2=N3)=C2C=CC1=N2. The topological polar surface area (TPSA) is 136 Å². The van der Waals surface area contributed by atoms with Crippen LogP contribution in [-0.4, -0.2) is 68.1 Å². The van der Waals surface area contributed by atoms with E-state index in [9.17, 15) is 0 Å². The molecule has 12 rings (SSSR count). The summed E-state index contributed by atoms with van der Waals surface area (Å²) in [7, 11) is 4.09. The number of unbranched alkanes of at least 4 members (excludes halogenated alkanes) is 8. The Morgan fingerprint density at radius 1 is 0.423 bits per heavy atom. The van der Waals surface area contributed by atoms with Crippen molar-refractivity contribution in [3.8, 4) is 23.7 Å². The van der Waals surface area contributed by atoms with Crippen LogP contribution in [0, 0.1) is 23.7 Å². The van der Waals surface area contributed by atoms with Gasteiger partial charge in [0.05, 0.1) is 102 Å². The van der Waals surface area contributed by atoms with Crippen molar-refractivity contribution in [2.24, 2.45) is 30.0 Å². The van der Waals surface area contributed by atoms with E-state index in [0.29, 0.717) is 11.1 Å². The first-order valence-corrected chi connectivity index (χ1v) is 27.6. The molecule has 0 fully saturated rings. The molecule has 0 aliphatic carbocycles. The highest BCUT2D eigenvalue weighted by molar-refractivity contribution is 6.32. The van der Waals surface area contributed by atoms with E-state index in [-0.39, 0.29) is 0 Å². The molecule has 16 bridgehead atoms. The number of hydrogen-bond acceptors (Lipinski definition) is 10. The lowest BCUT2D eigenvalue weighted by atomic mass is 10.00. The van der Waals surface area contributed by atoms with Gasteiger partial charge in [0.1, 0.15) is 11.6 Å². The summed E-state index contributed by atoms with van der Waals surface area (Å²) < 4.78 is 0. The molecule has 0 amide bonds. The van der Waals surface area contributed by atoms with Crippen molar-refractivity contribution in [2.45, 2.75) is 90.9 Å². The molecule has 0 aromatic carbocycles. The molecule has 10 aliphatic rings. The normalized spacial score (nSPS) is 21.1. The molecule has 386 valence electrons. The molecule has 78 heavy (non-hydrogen) atoms. The standard InChI is InChI=1S/C66H62N12/c1-5-7-9-11-13-17-49-55-31-29-53(73-55)47(51-25-21-43(69-51)41-45-23-27-59(71-45)63(61-35-33-57(49)75-61)65-67-37-39-77(65)3)19-15-16-20-48-52-26-22-44(70-52)42-46-24-28-60(72-46)64(66-68-38-40-78(66)4)62-36-34-58(76-62)50(18-14-12-10-8-6-2)56-32-30-54(48)74-56/h21-42,67-68,71-72H,5-14,17-18H2,1-4H3/b43-41?,44-42?,53-47?,54-48?,57-49?,58-50?,65-63-,66-64+. The summed E-state index contributed by atoms with van der Waals surface area (Å²) in [6.45, 7) is 4.51. The highest BCUT2D eigenvalue weighted by atomic mass is 15.3. The first-order valence-electron chi connectivity index (χ1n) is 27.6. The van der Waals surface area contributed by atoms with E-state index in [0.717, 1.165) is 164 Å². The molecule has 2 aromatic rings. The van der Waals surface area contributed by atoms with Crippen LogP contribution in [0.2, 0.25) is 0 Å². The lowest BCUT2D eigenvalue weighted by molar-refractivity contribution is 0.574. The fraction of sp³-hybridized carbons (Fsp3) is 0.242. The van der Waals surface area contributed by atoms with E-state index < -0.39 is 0 Å². The first-order chi connectivity index (χ1) is 38.4. The maximum Gasteiger partial charge on any atom is 0.121 e. The van der Waals surface area contributed by atoms with Gasteiger partial charge in [-0.25, -0.2) is 30.0 Å². The second kappa shape index (κ2) is 22.1. The smallest absolute Gasteiger partial charge is 0.121 e. The van der Waals surface area contributed by atoms with Crippen molar-refractivity contribution in [3.63, 3.8) is 0 Å². The third-order valence-corrected chi connectivity index (χ3v) is 14.9. The van der Waals surface area contributed by atoms with Crippen molar-refractivity contribution in [3.05, 3.63) is 213 Å². The summed E-state index contributed by atoms with van der Waals surface area (Å²) in [5.74, 6) is 15.3.